The molecule has 2 fully saturated rings. The summed E-state index contributed by atoms with van der Waals surface area (Å²) in [5.41, 5.74) is 8.97. The van der Waals surface area contributed by atoms with Crippen LogP contribution in [0.5, 0.6) is 0 Å². The molecule has 0 radical (unpaired) electrons. The molecule has 3 aliphatic heterocycles. The van der Waals surface area contributed by atoms with Crippen LogP contribution in [0.3, 0.4) is 0 Å². The van der Waals surface area contributed by atoms with Gasteiger partial charge >= 0.3 is 5.82 Å². The first-order chi connectivity index (χ1) is 36.4. The second-order valence-electron chi connectivity index (χ2n) is 21.5. The van der Waals surface area contributed by atoms with Gasteiger partial charge in [-0.2, -0.15) is 4.68 Å². The smallest absolute Gasteiger partial charge is 0.305 e. The number of amides is 5. The van der Waals surface area contributed by atoms with E-state index in [4.69, 9.17) is 17.3 Å². The Morgan fingerprint density at radius 1 is 1.00 bits per heavy atom. The monoisotopic (exact) mass is 1040 g/mol. The van der Waals surface area contributed by atoms with Crippen molar-refractivity contribution in [3.63, 3.8) is 0 Å². The fourth-order valence-electron chi connectivity index (χ4n) is 10.6. The summed E-state index contributed by atoms with van der Waals surface area (Å²) < 4.78 is 16.8. The molecule has 4 bridgehead atoms. The van der Waals surface area contributed by atoms with Crippen LogP contribution in [0.15, 0.2) is 54.7 Å². The van der Waals surface area contributed by atoms with Gasteiger partial charge in [0, 0.05) is 44.7 Å². The number of carbonyl (C=O) groups excluding carboxylic acids is 5. The first kappa shape index (κ1) is 56.7. The predicted octanol–water partition coefficient (Wildman–Crippen LogP) is 6.35. The summed E-state index contributed by atoms with van der Waals surface area (Å²) in [6.45, 7) is 19.7. The summed E-state index contributed by atoms with van der Waals surface area (Å²) >= 11 is 0. The number of carbonyl (C=O) groups is 5. The highest BCUT2D eigenvalue weighted by Gasteiger charge is 2.45. The Bertz CT molecular complexity index is 2740. The molecule has 5 heterocycles. The standard InChI is InChI=1S/C56H77FN14O5/c1-9-41(36-20-15-14-16-21-36)65-53(74)44-31-40(33-70(44)55(76)48(56(3,4)5)66-52(73)35(2)59-6)61-24-18-13-11-10-12-17-23-46(72)62-25-27-71-45-34-68(8)54(75)38-28-37(29-39(57)30-38)43-22-19-26-69(43)51-49(58)63-32-42(64-51)47(45)50(60-7)67-71/h14-16,20-21,28-30,32,35,40-41,43-44,48,59,61H,9-13,17-19,22-27,31,33-34H2,1-6,8H3,(H2,58,63)(H,62,72)(H,65,74)(H,66,73)/t35-,40-,41+,43-,44-,48?/m1/s1. The SMILES string of the molecule is [C-]#[N+]c1nn(CCNC(=O)CCCCCCCCN[C@@H]2C[C@H](C(=O)N[C@@H](CC)c3ccccc3)N(C(=O)C(NC(=O)[C@@H](C)NC)C(C)(C)C)C2)c2c1-c1cnc(N)c(n1)N1CCC[C@@H]1c1cc(F)cc(c1)C(=O)N(C)C2. The lowest BCUT2D eigenvalue weighted by molar-refractivity contribution is -0.144. The van der Waals surface area contributed by atoms with Crippen LogP contribution < -0.4 is 37.2 Å². The van der Waals surface area contributed by atoms with Gasteiger partial charge in [-0.25, -0.2) is 14.4 Å². The first-order valence-electron chi connectivity index (χ1n) is 27.0. The third kappa shape index (κ3) is 13.7. The van der Waals surface area contributed by atoms with Crippen LogP contribution in [0.2, 0.25) is 0 Å². The molecule has 2 aromatic heterocycles. The lowest BCUT2D eigenvalue weighted by atomic mass is 9.85. The van der Waals surface area contributed by atoms with Crippen molar-refractivity contribution in [2.75, 3.05) is 50.9 Å². The van der Waals surface area contributed by atoms with E-state index in [0.29, 0.717) is 67.1 Å². The minimum Gasteiger partial charge on any atom is -0.381 e. The summed E-state index contributed by atoms with van der Waals surface area (Å²) in [5.74, 6) is -1.10. The number of rotatable bonds is 21. The van der Waals surface area contributed by atoms with Gasteiger partial charge in [-0.1, -0.05) is 90.3 Å². The highest BCUT2D eigenvalue weighted by molar-refractivity contribution is 5.95. The molecule has 0 aliphatic carbocycles. The number of likely N-dealkylation sites (tertiary alicyclic amines) is 1. The van der Waals surface area contributed by atoms with Crippen molar-refractivity contribution in [3.8, 4) is 11.3 Å². The lowest BCUT2D eigenvalue weighted by Gasteiger charge is -2.36. The molecule has 5 amide bonds. The summed E-state index contributed by atoms with van der Waals surface area (Å²) in [7, 11) is 3.31. The maximum atomic E-state index is 15.1. The van der Waals surface area contributed by atoms with Crippen molar-refractivity contribution < 1.29 is 28.4 Å². The normalized spacial score (nSPS) is 18.5. The Kier molecular flexibility index (Phi) is 19.2. The van der Waals surface area contributed by atoms with Gasteiger partial charge < -0.3 is 51.9 Å². The van der Waals surface area contributed by atoms with Crippen LogP contribution in [-0.2, 0) is 32.3 Å². The molecule has 7 N–H and O–H groups in total. The number of nitrogen functional groups attached to an aromatic ring is 1. The Morgan fingerprint density at radius 3 is 2.45 bits per heavy atom. The van der Waals surface area contributed by atoms with Gasteiger partial charge in [0.15, 0.2) is 11.6 Å². The number of halogens is 1. The molecule has 2 saturated heterocycles. The molecule has 0 spiro atoms. The Balaban J connectivity index is 0.890. The summed E-state index contributed by atoms with van der Waals surface area (Å²) in [6, 6.07) is 11.6. The topological polar surface area (TPSA) is 229 Å². The molecule has 4 aromatic rings. The van der Waals surface area contributed by atoms with Crippen molar-refractivity contribution in [1.82, 2.24) is 56.1 Å². The van der Waals surface area contributed by atoms with E-state index in [9.17, 15) is 24.0 Å². The molecule has 0 saturated carbocycles. The molecule has 19 nitrogen and oxygen atoms in total. The third-order valence-corrected chi connectivity index (χ3v) is 14.9. The van der Waals surface area contributed by atoms with Gasteiger partial charge in [-0.05, 0) is 98.9 Å². The van der Waals surface area contributed by atoms with Crippen LogP contribution >= 0.6 is 0 Å². The summed E-state index contributed by atoms with van der Waals surface area (Å²) in [6.07, 6.45) is 9.93. The maximum Gasteiger partial charge on any atom is 0.305 e. The van der Waals surface area contributed by atoms with Crippen LogP contribution in [0.4, 0.5) is 21.8 Å². The van der Waals surface area contributed by atoms with Crippen molar-refractivity contribution >= 4 is 47.0 Å². The lowest BCUT2D eigenvalue weighted by Crippen LogP contribution is -2.59. The van der Waals surface area contributed by atoms with Gasteiger partial charge in [-0.15, -0.1) is 0 Å². The number of hydrogen-bond donors (Lipinski definition) is 6. The van der Waals surface area contributed by atoms with E-state index in [-0.39, 0.29) is 78.6 Å². The molecule has 76 heavy (non-hydrogen) atoms. The molecule has 3 aliphatic rings. The zero-order chi connectivity index (χ0) is 54.7. The summed E-state index contributed by atoms with van der Waals surface area (Å²) in [4.78, 5) is 86.8. The number of hydrogen-bond acceptors (Lipinski definition) is 12. The van der Waals surface area contributed by atoms with E-state index in [1.165, 1.54) is 23.2 Å². The highest BCUT2D eigenvalue weighted by atomic mass is 19.1. The summed E-state index contributed by atoms with van der Waals surface area (Å²) in [5, 5.41) is 20.4. The number of unbranched alkanes of at least 4 members (excludes halogenated alkanes) is 5. The highest BCUT2D eigenvalue weighted by Crippen LogP contribution is 2.41. The number of aromatic nitrogens is 4. The predicted molar refractivity (Wildman–Crippen MR) is 290 cm³/mol. The number of nitrogens with one attached hydrogen (secondary N) is 5. The molecule has 6 atom stereocenters. The van der Waals surface area contributed by atoms with Crippen LogP contribution in [0, 0.1) is 17.8 Å². The van der Waals surface area contributed by atoms with Gasteiger partial charge in [0.2, 0.25) is 23.6 Å². The fourth-order valence-corrected chi connectivity index (χ4v) is 10.6. The zero-order valence-electron chi connectivity index (χ0n) is 45.3. The number of nitrogens with two attached hydrogens (primary N) is 1. The Hall–Kier alpha value is -6.98. The van der Waals surface area contributed by atoms with Crippen LogP contribution in [-0.4, -0.2) is 124 Å². The van der Waals surface area contributed by atoms with E-state index < -0.39 is 35.3 Å². The Labute approximate surface area is 446 Å². The number of nitrogens with zero attached hydrogens (tertiary/aromatic N) is 8. The van der Waals surface area contributed by atoms with Crippen molar-refractivity contribution in [2.45, 2.75) is 155 Å². The van der Waals surface area contributed by atoms with E-state index in [1.807, 2.05) is 62.9 Å². The molecule has 2 aromatic carbocycles. The molecule has 7 rings (SSSR count). The van der Waals surface area contributed by atoms with E-state index in [2.05, 4.69) is 41.5 Å². The minimum atomic E-state index is -0.838. The number of fused-ring (bicyclic) bond motifs is 9. The Morgan fingerprint density at radius 2 is 1.74 bits per heavy atom. The zero-order valence-corrected chi connectivity index (χ0v) is 45.3. The second-order valence-corrected chi connectivity index (χ2v) is 21.5. The number of likely N-dealkylation sites (N-methyl/N-ethyl adjacent to an activating group) is 1. The van der Waals surface area contributed by atoms with E-state index in [1.54, 1.807) is 36.7 Å². The van der Waals surface area contributed by atoms with Gasteiger partial charge in [0.25, 0.3) is 5.91 Å². The quantitative estimate of drug-likeness (QED) is 0.0396. The van der Waals surface area contributed by atoms with Crippen molar-refractivity contribution in [2.24, 2.45) is 5.41 Å². The number of benzene rings is 2. The van der Waals surface area contributed by atoms with Crippen molar-refractivity contribution in [3.05, 3.63) is 94.3 Å². The second kappa shape index (κ2) is 25.7. The molecule has 408 valence electrons. The van der Waals surface area contributed by atoms with E-state index in [0.717, 1.165) is 57.1 Å². The van der Waals surface area contributed by atoms with Gasteiger partial charge in [0.05, 0.1) is 54.4 Å². The molecule has 20 heteroatoms. The average molecular weight is 1050 g/mol. The fraction of sp³-hybridized carbons (Fsp3) is 0.554. The largest absolute Gasteiger partial charge is 0.381 e. The molecular weight excluding hydrogens is 968 g/mol. The average Bonchev–Trinajstić information content (AvgIpc) is 4.17. The van der Waals surface area contributed by atoms with Gasteiger partial charge in [0.1, 0.15) is 17.9 Å². The third-order valence-electron chi connectivity index (χ3n) is 14.9. The van der Waals surface area contributed by atoms with Crippen LogP contribution in [0.1, 0.15) is 145 Å². The van der Waals surface area contributed by atoms with Crippen LogP contribution in [0.25, 0.3) is 16.1 Å². The van der Waals surface area contributed by atoms with E-state index >= 15 is 4.39 Å². The van der Waals surface area contributed by atoms with Gasteiger partial charge in [-0.3, -0.25) is 24.0 Å². The molecular formula is C56H77FN14O5. The number of anilines is 2. The molecule has 1 unspecified atom stereocenters. The maximum absolute atomic E-state index is 15.1. The first-order valence-corrected chi connectivity index (χ1v) is 27.0. The van der Waals surface area contributed by atoms with Crippen molar-refractivity contribution in [1.29, 1.82) is 0 Å². The minimum absolute atomic E-state index is 0.0205.